The van der Waals surface area contributed by atoms with Gasteiger partial charge in [0.25, 0.3) is 0 Å². The molecule has 0 atom stereocenters. The molecule has 1 heterocycles. The molecule has 2 aromatic carbocycles. The van der Waals surface area contributed by atoms with E-state index in [0.29, 0.717) is 68.3 Å². The summed E-state index contributed by atoms with van der Waals surface area (Å²) in [6, 6.07) is 8.99. The van der Waals surface area contributed by atoms with Crippen LogP contribution in [-0.4, -0.2) is 45.4 Å². The summed E-state index contributed by atoms with van der Waals surface area (Å²) in [6.07, 6.45) is 2.31. The van der Waals surface area contributed by atoms with Crippen molar-refractivity contribution >= 4 is 45.5 Å². The van der Waals surface area contributed by atoms with Gasteiger partial charge in [0.05, 0.1) is 53.3 Å². The van der Waals surface area contributed by atoms with E-state index < -0.39 is 0 Å². The maximum atomic E-state index is 9.68. The Morgan fingerprint density at radius 3 is 2.52 bits per heavy atom. The van der Waals surface area contributed by atoms with Crippen LogP contribution in [0.2, 0.25) is 10.0 Å². The summed E-state index contributed by atoms with van der Waals surface area (Å²) in [5.74, 6) is 1.55. The quantitative estimate of drug-likeness (QED) is 0.337. The highest BCUT2D eigenvalue weighted by molar-refractivity contribution is 6.37. The Kier molecular flexibility index (Phi) is 8.80. The number of fused-ring (bicyclic) bond motifs is 1. The largest absolute Gasteiger partial charge is 0.495 e. The lowest BCUT2D eigenvalue weighted by atomic mass is 10.1. The molecule has 0 unspecified atom stereocenters. The lowest BCUT2D eigenvalue weighted by Crippen LogP contribution is -2.24. The second-order valence-corrected chi connectivity index (χ2v) is 7.83. The standard InChI is InChI=1S/C23H25Cl2N5O3/c1-31-20-11-19(16(24)9-17(20)25)30-23-14(12-27)13-29-18-10-22(21(32-2)8-15(18)23)33-7-3-5-28-6-4-26/h8-11,13,28H,3-7,26H2,1-2H3,(H,29,30). The molecule has 0 saturated heterocycles. The molecule has 8 nitrogen and oxygen atoms in total. The van der Waals surface area contributed by atoms with Gasteiger partial charge in [-0.25, -0.2) is 0 Å². The summed E-state index contributed by atoms with van der Waals surface area (Å²) in [4.78, 5) is 4.43. The molecular weight excluding hydrogens is 465 g/mol. The molecule has 10 heteroatoms. The number of methoxy groups -OCH3 is 2. The summed E-state index contributed by atoms with van der Waals surface area (Å²) in [5, 5.41) is 17.6. The van der Waals surface area contributed by atoms with E-state index in [1.54, 1.807) is 31.4 Å². The number of benzene rings is 2. The molecule has 0 radical (unpaired) electrons. The number of anilines is 2. The van der Waals surface area contributed by atoms with Gasteiger partial charge in [-0.3, -0.25) is 4.98 Å². The van der Waals surface area contributed by atoms with Crippen molar-refractivity contribution in [1.29, 1.82) is 5.26 Å². The lowest BCUT2D eigenvalue weighted by Gasteiger charge is -2.17. The molecule has 3 aromatic rings. The van der Waals surface area contributed by atoms with Crippen molar-refractivity contribution < 1.29 is 14.2 Å². The van der Waals surface area contributed by atoms with Gasteiger partial charge in [0.1, 0.15) is 11.8 Å². The Bertz CT molecular complexity index is 1170. The number of pyridine rings is 1. The number of halogens is 2. The predicted molar refractivity (Wildman–Crippen MR) is 131 cm³/mol. The second-order valence-electron chi connectivity index (χ2n) is 7.01. The number of nitrogens with zero attached hydrogens (tertiary/aromatic N) is 2. The molecular formula is C23H25Cl2N5O3. The maximum Gasteiger partial charge on any atom is 0.163 e. The van der Waals surface area contributed by atoms with E-state index in [2.05, 4.69) is 21.7 Å². The Morgan fingerprint density at radius 2 is 1.82 bits per heavy atom. The zero-order valence-electron chi connectivity index (χ0n) is 18.4. The maximum absolute atomic E-state index is 9.68. The number of hydrogen-bond acceptors (Lipinski definition) is 8. The summed E-state index contributed by atoms with van der Waals surface area (Å²) >= 11 is 12.5. The van der Waals surface area contributed by atoms with Crippen LogP contribution >= 0.6 is 23.2 Å². The Hall–Kier alpha value is -2.96. The van der Waals surface area contributed by atoms with Gasteiger partial charge in [-0.2, -0.15) is 5.26 Å². The molecule has 0 aliphatic heterocycles. The van der Waals surface area contributed by atoms with E-state index in [4.69, 9.17) is 43.1 Å². The average Bonchev–Trinajstić information content (AvgIpc) is 2.82. The SMILES string of the molecule is COc1cc(Nc2c(C#N)cnc3cc(OCCCNCCN)c(OC)cc23)c(Cl)cc1Cl. The molecule has 33 heavy (non-hydrogen) atoms. The number of nitrogens with one attached hydrogen (secondary N) is 2. The van der Waals surface area contributed by atoms with Crippen molar-refractivity contribution in [2.45, 2.75) is 6.42 Å². The zero-order valence-corrected chi connectivity index (χ0v) is 19.9. The first-order valence-corrected chi connectivity index (χ1v) is 11.0. The van der Waals surface area contributed by atoms with Crippen LogP contribution in [-0.2, 0) is 0 Å². The molecule has 0 aliphatic rings. The molecule has 174 valence electrons. The summed E-state index contributed by atoms with van der Waals surface area (Å²) in [5.41, 5.74) is 7.51. The van der Waals surface area contributed by atoms with Crippen molar-refractivity contribution in [3.63, 3.8) is 0 Å². The molecule has 4 N–H and O–H groups in total. The van der Waals surface area contributed by atoms with Crippen molar-refractivity contribution in [2.24, 2.45) is 5.73 Å². The van der Waals surface area contributed by atoms with Crippen molar-refractivity contribution in [1.82, 2.24) is 10.3 Å². The normalized spacial score (nSPS) is 10.7. The number of rotatable bonds is 11. The fourth-order valence-electron chi connectivity index (χ4n) is 3.21. The first-order valence-electron chi connectivity index (χ1n) is 10.3. The van der Waals surface area contributed by atoms with E-state index >= 15 is 0 Å². The van der Waals surface area contributed by atoms with Gasteiger partial charge in [0, 0.05) is 36.8 Å². The van der Waals surface area contributed by atoms with Crippen LogP contribution in [0.5, 0.6) is 17.2 Å². The van der Waals surface area contributed by atoms with Gasteiger partial charge in [0.2, 0.25) is 0 Å². The molecule has 0 aliphatic carbocycles. The number of aromatic nitrogens is 1. The van der Waals surface area contributed by atoms with Crippen molar-refractivity contribution in [3.05, 3.63) is 46.1 Å². The second kappa shape index (κ2) is 11.8. The van der Waals surface area contributed by atoms with Gasteiger partial charge >= 0.3 is 0 Å². The predicted octanol–water partition coefficient (Wildman–Crippen LogP) is 4.49. The van der Waals surface area contributed by atoms with Crippen LogP contribution < -0.4 is 30.6 Å². The van der Waals surface area contributed by atoms with E-state index in [9.17, 15) is 5.26 Å². The van der Waals surface area contributed by atoms with E-state index in [1.807, 2.05) is 0 Å². The highest BCUT2D eigenvalue weighted by Crippen LogP contribution is 2.40. The Morgan fingerprint density at radius 1 is 1.03 bits per heavy atom. The summed E-state index contributed by atoms with van der Waals surface area (Å²) < 4.78 is 16.8. The Labute approximate surface area is 202 Å². The summed E-state index contributed by atoms with van der Waals surface area (Å²) in [7, 11) is 3.08. The smallest absolute Gasteiger partial charge is 0.163 e. The van der Waals surface area contributed by atoms with Gasteiger partial charge in [-0.15, -0.1) is 0 Å². The molecule has 3 rings (SSSR count). The number of hydrogen-bond donors (Lipinski definition) is 3. The number of nitrogens with two attached hydrogens (primary N) is 1. The topological polar surface area (TPSA) is 114 Å². The van der Waals surface area contributed by atoms with E-state index in [1.165, 1.54) is 13.3 Å². The van der Waals surface area contributed by atoms with E-state index in [0.717, 1.165) is 19.5 Å². The molecule has 0 spiro atoms. The van der Waals surface area contributed by atoms with Crippen LogP contribution in [0.4, 0.5) is 11.4 Å². The van der Waals surface area contributed by atoms with Crippen LogP contribution in [0.1, 0.15) is 12.0 Å². The third kappa shape index (κ3) is 5.89. The number of nitriles is 1. The molecule has 0 bridgehead atoms. The number of ether oxygens (including phenoxy) is 3. The highest BCUT2D eigenvalue weighted by Gasteiger charge is 2.16. The average molecular weight is 490 g/mol. The molecule has 0 amide bonds. The third-order valence-corrected chi connectivity index (χ3v) is 5.46. The van der Waals surface area contributed by atoms with Crippen LogP contribution in [0.3, 0.4) is 0 Å². The lowest BCUT2D eigenvalue weighted by molar-refractivity contribution is 0.288. The molecule has 0 fully saturated rings. The van der Waals surface area contributed by atoms with Gasteiger partial charge in [-0.1, -0.05) is 23.2 Å². The van der Waals surface area contributed by atoms with Gasteiger partial charge in [0.15, 0.2) is 11.5 Å². The van der Waals surface area contributed by atoms with Gasteiger partial charge < -0.3 is 30.6 Å². The minimum atomic E-state index is 0.342. The van der Waals surface area contributed by atoms with Gasteiger partial charge in [-0.05, 0) is 25.1 Å². The van der Waals surface area contributed by atoms with Crippen molar-refractivity contribution in [3.8, 4) is 23.3 Å². The first-order chi connectivity index (χ1) is 16.0. The first kappa shape index (κ1) is 24.7. The minimum Gasteiger partial charge on any atom is -0.495 e. The van der Waals surface area contributed by atoms with Crippen LogP contribution in [0.25, 0.3) is 10.9 Å². The summed E-state index contributed by atoms with van der Waals surface area (Å²) in [6.45, 7) is 2.67. The van der Waals surface area contributed by atoms with Crippen LogP contribution in [0, 0.1) is 11.3 Å². The Balaban J connectivity index is 1.96. The molecule has 0 saturated carbocycles. The van der Waals surface area contributed by atoms with E-state index in [-0.39, 0.29) is 0 Å². The van der Waals surface area contributed by atoms with Crippen LogP contribution in [0.15, 0.2) is 30.5 Å². The fraction of sp³-hybridized carbons (Fsp3) is 0.304. The molecule has 1 aromatic heterocycles. The third-order valence-electron chi connectivity index (χ3n) is 4.85. The highest BCUT2D eigenvalue weighted by atomic mass is 35.5. The monoisotopic (exact) mass is 489 g/mol. The fourth-order valence-corrected chi connectivity index (χ4v) is 3.72. The minimum absolute atomic E-state index is 0.342. The zero-order chi connectivity index (χ0) is 23.8. The van der Waals surface area contributed by atoms with Crippen molar-refractivity contribution in [2.75, 3.05) is 45.8 Å².